The molecule has 9 heteroatoms. The molecule has 5 aliphatic heterocycles. The maximum Gasteiger partial charge on any atom is 0.262 e. The zero-order valence-corrected chi connectivity index (χ0v) is 18.0. The summed E-state index contributed by atoms with van der Waals surface area (Å²) in [6, 6.07) is 13.5. The maximum atomic E-state index is 13.6. The second kappa shape index (κ2) is 5.86. The highest BCUT2D eigenvalue weighted by molar-refractivity contribution is 6.02. The predicted molar refractivity (Wildman–Crippen MR) is 118 cm³/mol. The van der Waals surface area contributed by atoms with E-state index in [9.17, 15) is 14.4 Å². The zero-order valence-electron chi connectivity index (χ0n) is 18.0. The fourth-order valence-corrected chi connectivity index (χ4v) is 6.05. The normalized spacial score (nSPS) is 33.8. The Morgan fingerprint density at radius 3 is 2.70 bits per heavy atom. The number of ether oxygens (including phenoxy) is 1. The van der Waals surface area contributed by atoms with Crippen molar-refractivity contribution in [2.24, 2.45) is 0 Å². The van der Waals surface area contributed by atoms with Gasteiger partial charge in [-0.1, -0.05) is 30.3 Å². The lowest BCUT2D eigenvalue weighted by molar-refractivity contribution is -0.180. The van der Waals surface area contributed by atoms with Gasteiger partial charge in [0.2, 0.25) is 11.8 Å². The van der Waals surface area contributed by atoms with Gasteiger partial charge < -0.3 is 10.1 Å². The van der Waals surface area contributed by atoms with E-state index in [0.717, 1.165) is 11.3 Å². The molecule has 5 atom stereocenters. The number of hydrogen-bond donors (Lipinski definition) is 2. The van der Waals surface area contributed by atoms with Gasteiger partial charge in [0, 0.05) is 12.0 Å². The number of nitrogens with one attached hydrogen (secondary N) is 2. The first-order chi connectivity index (χ1) is 15.8. The third kappa shape index (κ3) is 2.14. The van der Waals surface area contributed by atoms with Crippen LogP contribution in [0.5, 0.6) is 0 Å². The Kier molecular flexibility index (Phi) is 3.37. The molecular weight excluding hydrogens is 422 g/mol. The SMILES string of the molecule is C[C@@H]1N[C@H]2N(C1=O)c1ccccc1[C@]21C[C@@H]2C(=O)N[C@](C)(O1)c1nc3ccccc3c(=O)n12. The van der Waals surface area contributed by atoms with Crippen LogP contribution in [0.3, 0.4) is 0 Å². The van der Waals surface area contributed by atoms with Crippen molar-refractivity contribution in [2.45, 2.75) is 49.8 Å². The van der Waals surface area contributed by atoms with E-state index in [1.807, 2.05) is 37.3 Å². The van der Waals surface area contributed by atoms with Crippen molar-refractivity contribution in [3.63, 3.8) is 0 Å². The van der Waals surface area contributed by atoms with Crippen LogP contribution in [-0.2, 0) is 25.7 Å². The minimum absolute atomic E-state index is 0.0486. The van der Waals surface area contributed by atoms with Crippen molar-refractivity contribution in [2.75, 3.05) is 4.90 Å². The van der Waals surface area contributed by atoms with Gasteiger partial charge in [0.25, 0.3) is 5.56 Å². The highest BCUT2D eigenvalue weighted by Gasteiger charge is 2.65. The Morgan fingerprint density at radius 1 is 1.09 bits per heavy atom. The average molecular weight is 443 g/mol. The summed E-state index contributed by atoms with van der Waals surface area (Å²) in [5.74, 6) is 0.0165. The highest BCUT2D eigenvalue weighted by atomic mass is 16.5. The lowest BCUT2D eigenvalue weighted by atomic mass is 9.86. The second-order valence-electron chi connectivity index (χ2n) is 9.38. The van der Waals surface area contributed by atoms with Crippen LogP contribution in [0.25, 0.3) is 10.9 Å². The van der Waals surface area contributed by atoms with Crippen LogP contribution in [0.15, 0.2) is 53.3 Å². The summed E-state index contributed by atoms with van der Waals surface area (Å²) in [6.45, 7) is 3.55. The first-order valence-electron chi connectivity index (χ1n) is 11.1. The van der Waals surface area contributed by atoms with Gasteiger partial charge in [-0.15, -0.1) is 0 Å². The quantitative estimate of drug-likeness (QED) is 0.541. The van der Waals surface area contributed by atoms with Crippen molar-refractivity contribution in [3.05, 3.63) is 70.3 Å². The van der Waals surface area contributed by atoms with Crippen LogP contribution in [0.2, 0.25) is 0 Å². The number of benzene rings is 2. The number of amides is 2. The van der Waals surface area contributed by atoms with E-state index in [0.29, 0.717) is 16.7 Å². The van der Waals surface area contributed by atoms with Gasteiger partial charge in [-0.05, 0) is 32.0 Å². The van der Waals surface area contributed by atoms with Crippen LogP contribution >= 0.6 is 0 Å². The van der Waals surface area contributed by atoms with Gasteiger partial charge in [0.1, 0.15) is 17.8 Å². The molecule has 0 unspecified atom stereocenters. The molecule has 0 saturated carbocycles. The molecule has 9 nitrogen and oxygen atoms in total. The van der Waals surface area contributed by atoms with Crippen molar-refractivity contribution < 1.29 is 14.3 Å². The van der Waals surface area contributed by atoms with E-state index >= 15 is 0 Å². The fourth-order valence-electron chi connectivity index (χ4n) is 6.05. The largest absolute Gasteiger partial charge is 0.334 e. The van der Waals surface area contributed by atoms with Crippen LogP contribution in [0.1, 0.15) is 37.7 Å². The summed E-state index contributed by atoms with van der Waals surface area (Å²) in [5, 5.41) is 6.81. The molecule has 5 aliphatic rings. The van der Waals surface area contributed by atoms with Gasteiger partial charge >= 0.3 is 0 Å². The Bertz CT molecular complexity index is 1470. The number of anilines is 1. The first kappa shape index (κ1) is 19.0. The highest BCUT2D eigenvalue weighted by Crippen LogP contribution is 2.56. The summed E-state index contributed by atoms with van der Waals surface area (Å²) >= 11 is 0. The second-order valence-corrected chi connectivity index (χ2v) is 9.38. The number of carbonyl (C=O) groups is 2. The van der Waals surface area contributed by atoms with Gasteiger partial charge in [-0.2, -0.15) is 0 Å². The summed E-state index contributed by atoms with van der Waals surface area (Å²) in [4.78, 5) is 46.5. The molecule has 3 aromatic rings. The predicted octanol–water partition coefficient (Wildman–Crippen LogP) is 1.22. The lowest BCUT2D eigenvalue weighted by Gasteiger charge is -2.40. The summed E-state index contributed by atoms with van der Waals surface area (Å²) in [6.07, 6.45) is -0.321. The van der Waals surface area contributed by atoms with Crippen LogP contribution < -0.4 is 21.1 Å². The number of fused-ring (bicyclic) bond motifs is 5. The molecule has 2 aromatic carbocycles. The third-order valence-electron chi connectivity index (χ3n) is 7.43. The topological polar surface area (TPSA) is 106 Å². The van der Waals surface area contributed by atoms with Crippen molar-refractivity contribution in [1.82, 2.24) is 20.2 Å². The molecule has 2 saturated heterocycles. The van der Waals surface area contributed by atoms with Gasteiger partial charge in [-0.25, -0.2) is 4.98 Å². The third-order valence-corrected chi connectivity index (χ3v) is 7.43. The molecule has 1 spiro atoms. The minimum atomic E-state index is -1.37. The minimum Gasteiger partial charge on any atom is -0.334 e. The van der Waals surface area contributed by atoms with Crippen molar-refractivity contribution >= 4 is 28.4 Å². The molecule has 2 N–H and O–H groups in total. The van der Waals surface area contributed by atoms with Crippen LogP contribution in [-0.4, -0.2) is 33.6 Å². The molecule has 8 rings (SSSR count). The zero-order chi connectivity index (χ0) is 22.7. The number of carbonyl (C=O) groups excluding carboxylic acids is 2. The van der Waals surface area contributed by atoms with Gasteiger partial charge in [-0.3, -0.25) is 29.2 Å². The molecule has 0 aliphatic carbocycles. The summed E-state index contributed by atoms with van der Waals surface area (Å²) in [5.41, 5.74) is -0.563. The maximum absolute atomic E-state index is 13.6. The Labute approximate surface area is 188 Å². The Morgan fingerprint density at radius 2 is 1.85 bits per heavy atom. The monoisotopic (exact) mass is 443 g/mol. The van der Waals surface area contributed by atoms with Gasteiger partial charge in [0.05, 0.1) is 22.6 Å². The van der Waals surface area contributed by atoms with Crippen LogP contribution in [0, 0.1) is 0 Å². The Hall–Kier alpha value is -3.56. The Balaban J connectivity index is 1.52. The average Bonchev–Trinajstić information content (AvgIpc) is 3.13. The molecule has 2 fully saturated rings. The summed E-state index contributed by atoms with van der Waals surface area (Å²) < 4.78 is 8.35. The van der Waals surface area contributed by atoms with E-state index in [-0.39, 0.29) is 23.8 Å². The van der Waals surface area contributed by atoms with E-state index < -0.39 is 29.6 Å². The molecular formula is C24H21N5O4. The van der Waals surface area contributed by atoms with Crippen LogP contribution in [0.4, 0.5) is 5.69 Å². The van der Waals surface area contributed by atoms with E-state index in [2.05, 4.69) is 10.6 Å². The molecule has 166 valence electrons. The lowest BCUT2D eigenvalue weighted by Crippen LogP contribution is -2.57. The number of para-hydroxylation sites is 2. The molecule has 6 heterocycles. The number of nitrogens with zero attached hydrogens (tertiary/aromatic N) is 3. The fraction of sp³-hybridized carbons (Fsp3) is 0.333. The number of aromatic nitrogens is 2. The standard InChI is InChI=1S/C24H21N5O4/c1-12-19(31)28-16-10-6-4-8-14(16)24(22(28)25-12)11-17-18(30)27-23(2,33-24)21-26-15-9-5-3-7-13(15)20(32)29(17)21/h3-10,12,17,22,25H,11H2,1-2H3,(H,27,30)/t12-,17+,22-,23+,24+/m0/s1. The number of hydrogen-bond acceptors (Lipinski definition) is 6. The van der Waals surface area contributed by atoms with E-state index in [1.54, 1.807) is 30.0 Å². The summed E-state index contributed by atoms with van der Waals surface area (Å²) in [7, 11) is 0. The number of rotatable bonds is 0. The smallest absolute Gasteiger partial charge is 0.262 e. The molecule has 0 radical (unpaired) electrons. The first-order valence-corrected chi connectivity index (χ1v) is 11.1. The van der Waals surface area contributed by atoms with Crippen molar-refractivity contribution in [3.8, 4) is 0 Å². The van der Waals surface area contributed by atoms with Gasteiger partial charge in [0.15, 0.2) is 11.5 Å². The van der Waals surface area contributed by atoms with E-state index in [1.165, 1.54) is 4.57 Å². The molecule has 1 aromatic heterocycles. The van der Waals surface area contributed by atoms with E-state index in [4.69, 9.17) is 9.72 Å². The molecule has 2 amide bonds. The molecule has 33 heavy (non-hydrogen) atoms. The molecule has 2 bridgehead atoms. The van der Waals surface area contributed by atoms with Crippen molar-refractivity contribution in [1.29, 1.82) is 0 Å².